The number of aromatic amines is 1. The number of carbonyl (C=O) groups is 7. The van der Waals surface area contributed by atoms with Crippen LogP contribution in [0.1, 0.15) is 29.6 Å². The Morgan fingerprint density at radius 2 is 1.77 bits per heavy atom. The van der Waals surface area contributed by atoms with Gasteiger partial charge in [-0.3, -0.25) is 33.8 Å². The third-order valence-corrected chi connectivity index (χ3v) is 8.59. The lowest BCUT2D eigenvalue weighted by Gasteiger charge is -2.37. The highest BCUT2D eigenvalue weighted by Crippen LogP contribution is 2.26. The second-order valence-corrected chi connectivity index (χ2v) is 12.5. The zero-order valence-electron chi connectivity index (χ0n) is 28.8. The highest BCUT2D eigenvalue weighted by atomic mass is 32.1. The number of hydrogen-bond donors (Lipinski definition) is 11. The number of aliphatic carboxylic acids is 2. The van der Waals surface area contributed by atoms with Gasteiger partial charge in [0.1, 0.15) is 30.1 Å². The van der Waals surface area contributed by atoms with Gasteiger partial charge in [0.2, 0.25) is 23.7 Å². The van der Waals surface area contributed by atoms with E-state index in [1.54, 1.807) is 19.2 Å². The van der Waals surface area contributed by atoms with Crippen molar-refractivity contribution in [1.29, 1.82) is 0 Å². The van der Waals surface area contributed by atoms with E-state index in [1.807, 2.05) is 16.8 Å². The maximum absolute atomic E-state index is 12.9. The number of carboxylic acids is 2. The molecule has 1 aliphatic heterocycles. The van der Waals surface area contributed by atoms with Crippen LogP contribution in [-0.2, 0) is 28.8 Å². The molecule has 1 unspecified atom stereocenters. The van der Waals surface area contributed by atoms with Crippen LogP contribution >= 0.6 is 12.6 Å². The molecule has 1 aromatic carbocycles. The normalized spacial score (nSPS) is 15.6. The smallest absolute Gasteiger partial charge is 0.326 e. The number of carbonyl (C=O) groups excluding carboxylic acids is 5. The summed E-state index contributed by atoms with van der Waals surface area (Å²) >= 11 is 3.89. The number of fused-ring (bicyclic) bond motifs is 1. The summed E-state index contributed by atoms with van der Waals surface area (Å²) in [6.45, 7) is 0.521. The molecule has 288 valence electrons. The summed E-state index contributed by atoms with van der Waals surface area (Å²) < 4.78 is 0. The first-order chi connectivity index (χ1) is 25.0. The summed E-state index contributed by atoms with van der Waals surface area (Å²) in [6.07, 6.45) is -1.11. The van der Waals surface area contributed by atoms with Gasteiger partial charge in [-0.25, -0.2) is 4.79 Å². The molecule has 2 aromatic rings. The molecule has 0 fully saturated rings. The average Bonchev–Trinajstić information content (AvgIpc) is 3.11. The number of hydrogen-bond acceptors (Lipinski definition) is 15. The Bertz CT molecular complexity index is 1740. The Morgan fingerprint density at radius 1 is 1.09 bits per heavy atom. The minimum absolute atomic E-state index is 0.00741. The SMILES string of the molecule is CN(CC1CNc2nc(N)[nH]c(=O)c2N1C)c1ccc(C(=O)N[C@@H](CCC(=O)NC[C@H](N)C(=O)N[C@@H](CC(=O)O)C(=O)N[C@H](C=O)CS)C(=O)O)cc1. The van der Waals surface area contributed by atoms with Crippen LogP contribution in [0.5, 0.6) is 0 Å². The van der Waals surface area contributed by atoms with Crippen LogP contribution in [0.25, 0.3) is 0 Å². The molecule has 3 rings (SSSR count). The zero-order chi connectivity index (χ0) is 39.4. The molecule has 0 aliphatic carbocycles. The highest BCUT2D eigenvalue weighted by Gasteiger charge is 2.30. The fourth-order valence-corrected chi connectivity index (χ4v) is 5.37. The van der Waals surface area contributed by atoms with Crippen LogP contribution < -0.4 is 53.4 Å². The minimum Gasteiger partial charge on any atom is -0.481 e. The fraction of sp³-hybridized carbons (Fsp3) is 0.452. The zero-order valence-corrected chi connectivity index (χ0v) is 29.7. The minimum atomic E-state index is -1.58. The van der Waals surface area contributed by atoms with Crippen molar-refractivity contribution in [2.45, 2.75) is 49.5 Å². The van der Waals surface area contributed by atoms with Crippen molar-refractivity contribution in [2.75, 3.05) is 60.3 Å². The largest absolute Gasteiger partial charge is 0.481 e. The Labute approximate surface area is 308 Å². The molecule has 0 saturated heterocycles. The predicted octanol–water partition coefficient (Wildman–Crippen LogP) is -3.30. The summed E-state index contributed by atoms with van der Waals surface area (Å²) in [5.41, 5.74) is 12.3. The Kier molecular flexibility index (Phi) is 14.9. The number of anilines is 4. The van der Waals surface area contributed by atoms with E-state index in [0.29, 0.717) is 30.9 Å². The van der Waals surface area contributed by atoms with E-state index in [1.165, 1.54) is 12.1 Å². The summed E-state index contributed by atoms with van der Waals surface area (Å²) in [5, 5.41) is 31.0. The number of H-pyrrole nitrogens is 1. The predicted molar refractivity (Wildman–Crippen MR) is 195 cm³/mol. The lowest BCUT2D eigenvalue weighted by atomic mass is 10.1. The van der Waals surface area contributed by atoms with Gasteiger partial charge in [0.25, 0.3) is 11.5 Å². The van der Waals surface area contributed by atoms with E-state index in [2.05, 4.69) is 49.2 Å². The lowest BCUT2D eigenvalue weighted by Crippen LogP contribution is -2.56. The van der Waals surface area contributed by atoms with Crippen molar-refractivity contribution in [3.05, 3.63) is 40.2 Å². The highest BCUT2D eigenvalue weighted by molar-refractivity contribution is 7.80. The van der Waals surface area contributed by atoms with Gasteiger partial charge in [0.05, 0.1) is 18.5 Å². The summed E-state index contributed by atoms with van der Waals surface area (Å²) in [4.78, 5) is 107. The van der Waals surface area contributed by atoms with Gasteiger partial charge in [-0.2, -0.15) is 17.6 Å². The van der Waals surface area contributed by atoms with Crippen LogP contribution in [0.15, 0.2) is 29.1 Å². The molecule has 22 heteroatoms. The number of thiol groups is 1. The van der Waals surface area contributed by atoms with Crippen molar-refractivity contribution < 1.29 is 43.8 Å². The third kappa shape index (κ3) is 11.8. The summed E-state index contributed by atoms with van der Waals surface area (Å²) in [7, 11) is 3.61. The number of benzene rings is 1. The third-order valence-electron chi connectivity index (χ3n) is 8.19. The van der Waals surface area contributed by atoms with Crippen LogP contribution in [0.2, 0.25) is 0 Å². The average molecular weight is 762 g/mol. The molecule has 1 aromatic heterocycles. The number of nitrogen functional groups attached to an aromatic ring is 1. The van der Waals surface area contributed by atoms with Crippen molar-refractivity contribution in [2.24, 2.45) is 5.73 Å². The summed E-state index contributed by atoms with van der Waals surface area (Å²) in [5.74, 6) is -5.80. The monoisotopic (exact) mass is 761 g/mol. The fourth-order valence-electron chi connectivity index (χ4n) is 5.19. The first-order valence-corrected chi connectivity index (χ1v) is 16.8. The first-order valence-electron chi connectivity index (χ1n) is 16.2. The number of carboxylic acid groups (broad SMARTS) is 2. The lowest BCUT2D eigenvalue weighted by molar-refractivity contribution is -0.141. The van der Waals surface area contributed by atoms with Crippen molar-refractivity contribution >= 4 is 77.6 Å². The number of nitrogens with zero attached hydrogens (tertiary/aromatic N) is 3. The number of nitrogens with two attached hydrogens (primary N) is 2. The van der Waals surface area contributed by atoms with Crippen molar-refractivity contribution in [3.63, 3.8) is 0 Å². The van der Waals surface area contributed by atoms with Gasteiger partial charge >= 0.3 is 11.9 Å². The standard InChI is InChI=1S/C31H43N11O10S/c1-41(12-18-10-35-25-24(42(18)2)29(50)40-31(33)39-25)17-5-3-15(4-6-17)26(47)37-20(30(51)52)7-8-22(44)34-11-19(32)27(48)38-21(9-23(45)46)28(49)36-16(13-43)14-53/h3-6,13,16,18-21,53H,7-12,14,32H2,1-2H3,(H,34,44)(H,36,49)(H,37,47)(H,38,48)(H,45,46)(H,51,52)(H4,33,35,39,40,50)/t16-,18?,19+,20+,21+/m1/s1. The maximum atomic E-state index is 12.9. The van der Waals surface area contributed by atoms with Gasteiger partial charge in [-0.1, -0.05) is 0 Å². The Hall–Kier alpha value is -5.90. The molecule has 12 N–H and O–H groups in total. The number of nitrogens with one attached hydrogen (secondary N) is 6. The van der Waals surface area contributed by atoms with Gasteiger partial charge in [0.15, 0.2) is 5.82 Å². The van der Waals surface area contributed by atoms with E-state index >= 15 is 0 Å². The van der Waals surface area contributed by atoms with Gasteiger partial charge in [-0.05, 0) is 30.7 Å². The van der Waals surface area contributed by atoms with Crippen LogP contribution in [0, 0.1) is 0 Å². The van der Waals surface area contributed by atoms with E-state index in [4.69, 9.17) is 16.6 Å². The second-order valence-electron chi connectivity index (χ2n) is 12.1. The topological polar surface area (TPSA) is 324 Å². The number of aromatic nitrogens is 2. The number of aldehydes is 1. The molecular weight excluding hydrogens is 718 g/mol. The van der Waals surface area contributed by atoms with Crippen LogP contribution in [-0.4, -0.2) is 132 Å². The van der Waals surface area contributed by atoms with Gasteiger partial charge in [-0.15, -0.1) is 0 Å². The van der Waals surface area contributed by atoms with E-state index in [9.17, 15) is 43.5 Å². The molecule has 0 spiro atoms. The molecule has 53 heavy (non-hydrogen) atoms. The molecule has 5 atom stereocenters. The molecule has 0 bridgehead atoms. The van der Waals surface area contributed by atoms with E-state index in [0.717, 1.165) is 5.69 Å². The molecule has 0 saturated carbocycles. The van der Waals surface area contributed by atoms with E-state index < -0.39 is 72.7 Å². The quantitative estimate of drug-likeness (QED) is 0.0493. The molecule has 2 heterocycles. The molecule has 4 amide bonds. The van der Waals surface area contributed by atoms with Gasteiger partial charge < -0.3 is 62.9 Å². The molecular formula is C31H43N11O10S. The second kappa shape index (κ2) is 19.1. The van der Waals surface area contributed by atoms with Crippen LogP contribution in [0.3, 0.4) is 0 Å². The summed E-state index contributed by atoms with van der Waals surface area (Å²) in [6, 6.07) is 0.791. The molecule has 21 nitrogen and oxygen atoms in total. The molecule has 0 radical (unpaired) electrons. The number of likely N-dealkylation sites (N-methyl/N-ethyl adjacent to an activating group) is 2. The Balaban J connectivity index is 1.49. The Morgan fingerprint density at radius 3 is 2.38 bits per heavy atom. The number of amides is 4. The first kappa shape index (κ1) is 41.5. The number of rotatable bonds is 19. The van der Waals surface area contributed by atoms with Gasteiger partial charge in [0, 0.05) is 57.2 Å². The molecule has 1 aliphatic rings. The van der Waals surface area contributed by atoms with Crippen LogP contribution in [0.4, 0.5) is 23.1 Å². The maximum Gasteiger partial charge on any atom is 0.326 e. The van der Waals surface area contributed by atoms with E-state index in [-0.39, 0.29) is 41.7 Å². The van der Waals surface area contributed by atoms with Crippen molar-refractivity contribution in [1.82, 2.24) is 31.2 Å². The van der Waals surface area contributed by atoms with Crippen molar-refractivity contribution in [3.8, 4) is 0 Å².